The molecule has 0 spiro atoms. The Morgan fingerprint density at radius 3 is 2.59 bits per heavy atom. The number of nitrogens with zero attached hydrogens (tertiary/aromatic N) is 1. The second-order valence-corrected chi connectivity index (χ2v) is 8.24. The van der Waals surface area contributed by atoms with Gasteiger partial charge in [0.25, 0.3) is 0 Å². The summed E-state index contributed by atoms with van der Waals surface area (Å²) in [6.45, 7) is 6.87. The fourth-order valence-electron chi connectivity index (χ4n) is 4.73. The van der Waals surface area contributed by atoms with Crippen LogP contribution in [0.1, 0.15) is 50.3 Å². The van der Waals surface area contributed by atoms with Crippen molar-refractivity contribution >= 4 is 0 Å². The summed E-state index contributed by atoms with van der Waals surface area (Å²) in [5, 5.41) is 0. The van der Waals surface area contributed by atoms with Crippen LogP contribution in [-0.4, -0.2) is 51.6 Å². The van der Waals surface area contributed by atoms with E-state index in [2.05, 4.69) is 30.9 Å². The summed E-state index contributed by atoms with van der Waals surface area (Å²) in [7, 11) is 3.37. The van der Waals surface area contributed by atoms with Gasteiger partial charge in [0.1, 0.15) is 0 Å². The highest BCUT2D eigenvalue weighted by molar-refractivity contribution is 5.49. The monoisotopic (exact) mass is 378 g/mol. The van der Waals surface area contributed by atoms with Gasteiger partial charge in [-0.1, -0.05) is 13.8 Å². The van der Waals surface area contributed by atoms with Crippen LogP contribution in [0.3, 0.4) is 0 Å². The van der Waals surface area contributed by atoms with Gasteiger partial charge in [0.2, 0.25) is 0 Å². The van der Waals surface area contributed by atoms with Crippen LogP contribution in [0.2, 0.25) is 0 Å². The lowest BCUT2D eigenvalue weighted by Crippen LogP contribution is -2.49. The molecule has 1 fully saturated rings. The predicted molar refractivity (Wildman–Crippen MR) is 105 cm³/mol. The average molecular weight is 379 g/mol. The Kier molecular flexibility index (Phi) is 6.99. The van der Waals surface area contributed by atoms with Gasteiger partial charge in [-0.15, -0.1) is 0 Å². The molecule has 2 aliphatic heterocycles. The third kappa shape index (κ3) is 4.57. The smallest absolute Gasteiger partial charge is 0.161 e. The van der Waals surface area contributed by atoms with Gasteiger partial charge in [-0.25, -0.2) is 0 Å². The number of hydrogen-bond acceptors (Lipinski definition) is 4. The molecule has 5 heteroatoms. The number of ether oxygens (including phenoxy) is 3. The van der Waals surface area contributed by atoms with Crippen molar-refractivity contribution in [2.45, 2.75) is 51.7 Å². The Bertz CT molecular complexity index is 622. The van der Waals surface area contributed by atoms with Crippen LogP contribution < -0.4 is 9.47 Å². The summed E-state index contributed by atoms with van der Waals surface area (Å²) in [6.07, 6.45) is 3.84. The summed E-state index contributed by atoms with van der Waals surface area (Å²) in [5.41, 5.74) is 2.68. The summed E-state index contributed by atoms with van der Waals surface area (Å²) in [5.74, 6) is 2.74. The molecule has 0 unspecified atom stereocenters. The van der Waals surface area contributed by atoms with E-state index >= 15 is 0 Å². The van der Waals surface area contributed by atoms with Gasteiger partial charge < -0.3 is 14.2 Å². The van der Waals surface area contributed by atoms with E-state index in [9.17, 15) is 4.39 Å². The largest absolute Gasteiger partial charge is 0.493 e. The van der Waals surface area contributed by atoms with E-state index in [1.807, 2.05) is 0 Å². The maximum Gasteiger partial charge on any atom is 0.161 e. The van der Waals surface area contributed by atoms with Crippen LogP contribution in [-0.2, 0) is 11.2 Å². The van der Waals surface area contributed by atoms with E-state index in [0.717, 1.165) is 43.9 Å². The molecule has 0 N–H and O–H groups in total. The van der Waals surface area contributed by atoms with E-state index in [4.69, 9.17) is 14.2 Å². The number of piperidine rings is 1. The molecule has 0 bridgehead atoms. The topological polar surface area (TPSA) is 30.9 Å². The summed E-state index contributed by atoms with van der Waals surface area (Å²) in [4.78, 5) is 2.61. The number of benzene rings is 1. The Morgan fingerprint density at radius 2 is 1.93 bits per heavy atom. The second kappa shape index (κ2) is 9.24. The van der Waals surface area contributed by atoms with Gasteiger partial charge in [0, 0.05) is 25.7 Å². The number of fused-ring (bicyclic) bond motifs is 3. The summed E-state index contributed by atoms with van der Waals surface area (Å²) in [6, 6.07) is 4.61. The van der Waals surface area contributed by atoms with Crippen LogP contribution in [0.25, 0.3) is 0 Å². The molecule has 0 saturated carbocycles. The van der Waals surface area contributed by atoms with Gasteiger partial charge >= 0.3 is 0 Å². The summed E-state index contributed by atoms with van der Waals surface area (Å²) >= 11 is 0. The molecule has 2 heterocycles. The highest BCUT2D eigenvalue weighted by Gasteiger charge is 2.40. The molecule has 1 aromatic rings. The minimum atomic E-state index is -0.309. The fourth-order valence-corrected chi connectivity index (χ4v) is 4.73. The number of halogens is 1. The van der Waals surface area contributed by atoms with Crippen molar-refractivity contribution in [3.63, 3.8) is 0 Å². The zero-order chi connectivity index (χ0) is 19.4. The van der Waals surface area contributed by atoms with E-state index in [1.54, 1.807) is 14.2 Å². The van der Waals surface area contributed by atoms with Crippen molar-refractivity contribution in [1.29, 1.82) is 0 Å². The van der Waals surface area contributed by atoms with Crippen LogP contribution in [0.4, 0.5) is 4.39 Å². The van der Waals surface area contributed by atoms with Gasteiger partial charge in [-0.05, 0) is 60.8 Å². The Labute approximate surface area is 163 Å². The molecule has 152 valence electrons. The first-order valence-electron chi connectivity index (χ1n) is 10.2. The molecular formula is C22H34FNO3. The van der Waals surface area contributed by atoms with Crippen molar-refractivity contribution in [3.8, 4) is 11.5 Å². The first-order chi connectivity index (χ1) is 13.1. The maximum atomic E-state index is 12.6. The minimum Gasteiger partial charge on any atom is -0.493 e. The molecule has 0 amide bonds. The first-order valence-corrected chi connectivity index (χ1v) is 10.2. The van der Waals surface area contributed by atoms with Crippen molar-refractivity contribution in [3.05, 3.63) is 23.3 Å². The van der Waals surface area contributed by atoms with E-state index < -0.39 is 0 Å². The molecule has 27 heavy (non-hydrogen) atoms. The van der Waals surface area contributed by atoms with Crippen molar-refractivity contribution < 1.29 is 18.6 Å². The molecule has 4 nitrogen and oxygen atoms in total. The third-order valence-electron chi connectivity index (χ3n) is 5.95. The predicted octanol–water partition coefficient (Wildman–Crippen LogP) is 4.41. The van der Waals surface area contributed by atoms with Crippen molar-refractivity contribution in [1.82, 2.24) is 4.90 Å². The number of alkyl halides is 1. The molecule has 3 atom stereocenters. The van der Waals surface area contributed by atoms with E-state index in [-0.39, 0.29) is 12.8 Å². The average Bonchev–Trinajstić information content (AvgIpc) is 2.66. The maximum absolute atomic E-state index is 12.6. The van der Waals surface area contributed by atoms with Gasteiger partial charge in [0.05, 0.1) is 27.0 Å². The van der Waals surface area contributed by atoms with Crippen LogP contribution in [0, 0.1) is 11.8 Å². The normalized spacial score (nSPS) is 25.2. The number of methoxy groups -OCH3 is 2. The fraction of sp³-hybridized carbons (Fsp3) is 0.727. The molecule has 3 rings (SSSR count). The lowest BCUT2D eigenvalue weighted by molar-refractivity contribution is -0.0651. The van der Waals surface area contributed by atoms with E-state index in [0.29, 0.717) is 30.9 Å². The first kappa shape index (κ1) is 20.4. The minimum absolute atomic E-state index is 0.194. The SMILES string of the molecule is COc1cc2c(cc1OC)[C@H]1C[C@@H](OCCC[18F])[C@H](CC(C)C)CN1CC2. The Balaban J connectivity index is 1.84. The molecule has 2 aliphatic rings. The Hall–Kier alpha value is -1.33. The third-order valence-corrected chi connectivity index (χ3v) is 5.95. The zero-order valence-corrected chi connectivity index (χ0v) is 17.2. The molecule has 0 aliphatic carbocycles. The van der Waals surface area contributed by atoms with Crippen LogP contribution in [0.5, 0.6) is 11.5 Å². The summed E-state index contributed by atoms with van der Waals surface area (Å²) < 4.78 is 29.8. The quantitative estimate of drug-likeness (QED) is 0.627. The molecule has 1 saturated heterocycles. The number of rotatable bonds is 8. The molecule has 1 aromatic carbocycles. The lowest BCUT2D eigenvalue weighted by atomic mass is 9.79. The van der Waals surface area contributed by atoms with E-state index in [1.165, 1.54) is 11.1 Å². The second-order valence-electron chi connectivity index (χ2n) is 8.24. The van der Waals surface area contributed by atoms with Gasteiger partial charge in [0.15, 0.2) is 11.5 Å². The van der Waals surface area contributed by atoms with Crippen LogP contribution >= 0.6 is 0 Å². The lowest BCUT2D eigenvalue weighted by Gasteiger charge is -2.47. The van der Waals surface area contributed by atoms with Crippen molar-refractivity contribution in [2.75, 3.05) is 40.6 Å². The molecule has 0 radical (unpaired) electrons. The van der Waals surface area contributed by atoms with Gasteiger partial charge in [-0.2, -0.15) is 0 Å². The highest BCUT2D eigenvalue weighted by Crippen LogP contribution is 2.44. The zero-order valence-electron chi connectivity index (χ0n) is 17.2. The molecular weight excluding hydrogens is 344 g/mol. The Morgan fingerprint density at radius 1 is 1.19 bits per heavy atom. The van der Waals surface area contributed by atoms with Crippen LogP contribution in [0.15, 0.2) is 12.1 Å². The standard InChI is InChI=1S/C22H34FNO3/c1-15(2)10-17-14-24-8-6-16-11-21(25-3)22(26-4)12-18(16)19(24)13-20(17)27-9-5-7-23/h11-12,15,17,19-20H,5-10,13-14H2,1-4H3/t17-,19-,20-/m1/s1/i23-1. The van der Waals surface area contributed by atoms with Gasteiger partial charge in [-0.3, -0.25) is 9.29 Å². The number of hydrogen-bond donors (Lipinski definition) is 0. The highest BCUT2D eigenvalue weighted by atomic mass is 18.2. The molecule has 0 aromatic heterocycles. The van der Waals surface area contributed by atoms with Crippen molar-refractivity contribution in [2.24, 2.45) is 11.8 Å².